The number of anilines is 1. The average Bonchev–Trinajstić information content (AvgIpc) is 3.09. The lowest BCUT2D eigenvalue weighted by Crippen LogP contribution is -2.49. The first-order valence-electron chi connectivity index (χ1n) is 8.19. The number of piperazine rings is 1. The van der Waals surface area contributed by atoms with Crippen LogP contribution in [0.5, 0.6) is 0 Å². The van der Waals surface area contributed by atoms with Crippen LogP contribution in [0, 0.1) is 0 Å². The minimum absolute atomic E-state index is 0.133. The van der Waals surface area contributed by atoms with Crippen LogP contribution in [0.3, 0.4) is 0 Å². The van der Waals surface area contributed by atoms with Gasteiger partial charge >= 0.3 is 0 Å². The van der Waals surface area contributed by atoms with Crippen molar-refractivity contribution in [3.8, 4) is 0 Å². The number of hydrogen-bond acceptors (Lipinski definition) is 4. The van der Waals surface area contributed by atoms with Gasteiger partial charge in [-0.25, -0.2) is 4.98 Å². The maximum Gasteiger partial charge on any atom is 0.253 e. The predicted octanol–water partition coefficient (Wildman–Crippen LogP) is 2.41. The Kier molecular flexibility index (Phi) is 4.24. The molecule has 0 aliphatic carbocycles. The van der Waals surface area contributed by atoms with E-state index >= 15 is 0 Å². The third-order valence-corrected chi connectivity index (χ3v) is 5.16. The van der Waals surface area contributed by atoms with E-state index in [2.05, 4.69) is 37.2 Å². The van der Waals surface area contributed by atoms with Gasteiger partial charge in [0.1, 0.15) is 5.82 Å². The lowest BCUT2D eigenvalue weighted by Gasteiger charge is -2.35. The fourth-order valence-corrected chi connectivity index (χ4v) is 3.54. The summed E-state index contributed by atoms with van der Waals surface area (Å²) in [5.41, 5.74) is 3.35. The molecule has 1 saturated heterocycles. The van der Waals surface area contributed by atoms with Crippen LogP contribution in [0.25, 0.3) is 0 Å². The number of pyridine rings is 1. The molecule has 0 saturated carbocycles. The van der Waals surface area contributed by atoms with Crippen LogP contribution >= 0.6 is 15.9 Å². The first-order chi connectivity index (χ1) is 11.7. The number of carbonyl (C=O) groups excluding carboxylic acids is 1. The Labute approximate surface area is 149 Å². The molecule has 124 valence electrons. The number of nitrogens with one attached hydrogen (secondary N) is 1. The van der Waals surface area contributed by atoms with Crippen molar-refractivity contribution in [2.75, 3.05) is 31.1 Å². The highest BCUT2D eigenvalue weighted by Gasteiger charge is 2.23. The third-order valence-electron chi connectivity index (χ3n) is 4.69. The van der Waals surface area contributed by atoms with Gasteiger partial charge in [-0.3, -0.25) is 4.79 Å². The van der Waals surface area contributed by atoms with Crippen molar-refractivity contribution < 1.29 is 4.79 Å². The Morgan fingerprint density at radius 3 is 2.58 bits per heavy atom. The lowest BCUT2D eigenvalue weighted by molar-refractivity contribution is 0.0746. The Morgan fingerprint density at radius 2 is 1.83 bits per heavy atom. The minimum Gasteiger partial charge on any atom is -0.353 e. The van der Waals surface area contributed by atoms with Gasteiger partial charge in [0, 0.05) is 55.5 Å². The number of nitrogens with zero attached hydrogens (tertiary/aromatic N) is 3. The molecule has 0 spiro atoms. The van der Waals surface area contributed by atoms with Gasteiger partial charge in [-0.1, -0.05) is 6.07 Å². The van der Waals surface area contributed by atoms with Crippen molar-refractivity contribution in [3.05, 3.63) is 57.7 Å². The van der Waals surface area contributed by atoms with Crippen molar-refractivity contribution in [1.29, 1.82) is 0 Å². The number of amides is 1. The Balaban J connectivity index is 1.42. The van der Waals surface area contributed by atoms with E-state index in [0.29, 0.717) is 0 Å². The van der Waals surface area contributed by atoms with Gasteiger partial charge in [-0.15, -0.1) is 0 Å². The zero-order chi connectivity index (χ0) is 16.5. The zero-order valence-corrected chi connectivity index (χ0v) is 14.9. The van der Waals surface area contributed by atoms with Crippen LogP contribution in [0.15, 0.2) is 41.0 Å². The summed E-state index contributed by atoms with van der Waals surface area (Å²) in [4.78, 5) is 21.4. The van der Waals surface area contributed by atoms with Crippen molar-refractivity contribution in [1.82, 2.24) is 15.2 Å². The molecule has 4 rings (SSSR count). The third kappa shape index (κ3) is 3.03. The molecule has 1 N–H and O–H groups in total. The second-order valence-corrected chi connectivity index (χ2v) is 7.12. The molecular weight excluding hydrogens is 368 g/mol. The molecule has 1 aromatic carbocycles. The van der Waals surface area contributed by atoms with Gasteiger partial charge in [0.15, 0.2) is 0 Å². The lowest BCUT2D eigenvalue weighted by atomic mass is 10.1. The molecule has 1 fully saturated rings. The maximum atomic E-state index is 12.8. The maximum absolute atomic E-state index is 12.8. The number of halogens is 1. The Bertz CT molecular complexity index is 754. The topological polar surface area (TPSA) is 48.5 Å². The smallest absolute Gasteiger partial charge is 0.253 e. The molecule has 1 aromatic heterocycles. The molecule has 0 bridgehead atoms. The molecule has 1 amide bonds. The van der Waals surface area contributed by atoms with Crippen molar-refractivity contribution in [2.45, 2.75) is 13.1 Å². The molecule has 2 aliphatic heterocycles. The van der Waals surface area contributed by atoms with E-state index in [1.165, 1.54) is 11.1 Å². The van der Waals surface area contributed by atoms with E-state index in [1.54, 1.807) is 0 Å². The summed E-state index contributed by atoms with van der Waals surface area (Å²) in [5.74, 6) is 1.10. The van der Waals surface area contributed by atoms with E-state index in [4.69, 9.17) is 0 Å². The van der Waals surface area contributed by atoms with E-state index in [0.717, 1.165) is 55.1 Å². The van der Waals surface area contributed by atoms with Crippen LogP contribution in [0.2, 0.25) is 0 Å². The van der Waals surface area contributed by atoms with Gasteiger partial charge in [0.05, 0.1) is 0 Å². The number of benzene rings is 1. The fourth-order valence-electron chi connectivity index (χ4n) is 3.30. The molecule has 6 heteroatoms. The fraction of sp³-hybridized carbons (Fsp3) is 0.333. The number of rotatable bonds is 2. The highest BCUT2D eigenvalue weighted by atomic mass is 79.9. The monoisotopic (exact) mass is 386 g/mol. The molecule has 2 aliphatic rings. The predicted molar refractivity (Wildman–Crippen MR) is 97.0 cm³/mol. The summed E-state index contributed by atoms with van der Waals surface area (Å²) in [7, 11) is 0. The van der Waals surface area contributed by atoms with Crippen LogP contribution in [-0.4, -0.2) is 42.0 Å². The molecule has 5 nitrogen and oxygen atoms in total. The van der Waals surface area contributed by atoms with Crippen molar-refractivity contribution >= 4 is 27.7 Å². The van der Waals surface area contributed by atoms with Gasteiger partial charge in [0.2, 0.25) is 0 Å². The first-order valence-corrected chi connectivity index (χ1v) is 8.98. The Morgan fingerprint density at radius 1 is 1.04 bits per heavy atom. The number of hydrogen-bond donors (Lipinski definition) is 1. The first kappa shape index (κ1) is 15.6. The second-order valence-electron chi connectivity index (χ2n) is 6.20. The SMILES string of the molecule is O=C(c1ccc2c(c1)CNC2)N1CCN(c2ccc(Br)cn2)CC1. The molecule has 24 heavy (non-hydrogen) atoms. The highest BCUT2D eigenvalue weighted by Crippen LogP contribution is 2.20. The van der Waals surface area contributed by atoms with Gasteiger partial charge in [-0.05, 0) is 51.3 Å². The molecular formula is C18H19BrN4O. The molecule has 0 atom stereocenters. The summed E-state index contributed by atoms with van der Waals surface area (Å²) in [5, 5.41) is 3.32. The molecule has 0 radical (unpaired) electrons. The zero-order valence-electron chi connectivity index (χ0n) is 13.3. The summed E-state index contributed by atoms with van der Waals surface area (Å²) in [6.45, 7) is 4.85. The summed E-state index contributed by atoms with van der Waals surface area (Å²) >= 11 is 3.41. The van der Waals surface area contributed by atoms with Crippen LogP contribution in [0.1, 0.15) is 21.5 Å². The standard InChI is InChI=1S/C18H19BrN4O/c19-16-3-4-17(21-12-16)22-5-7-23(8-6-22)18(24)13-1-2-14-10-20-11-15(14)9-13/h1-4,9,12,20H,5-8,10-11H2. The number of fused-ring (bicyclic) bond motifs is 1. The molecule has 3 heterocycles. The van der Waals surface area contributed by atoms with Crippen molar-refractivity contribution in [2.24, 2.45) is 0 Å². The average molecular weight is 387 g/mol. The van der Waals surface area contributed by atoms with Crippen LogP contribution < -0.4 is 10.2 Å². The highest BCUT2D eigenvalue weighted by molar-refractivity contribution is 9.10. The van der Waals surface area contributed by atoms with Crippen LogP contribution in [-0.2, 0) is 13.1 Å². The number of aromatic nitrogens is 1. The largest absolute Gasteiger partial charge is 0.353 e. The summed E-state index contributed by atoms with van der Waals surface area (Å²) in [6.07, 6.45) is 1.81. The van der Waals surface area contributed by atoms with Gasteiger partial charge in [-0.2, -0.15) is 0 Å². The van der Waals surface area contributed by atoms with Crippen LogP contribution in [0.4, 0.5) is 5.82 Å². The normalized spacial score (nSPS) is 17.0. The van der Waals surface area contributed by atoms with E-state index < -0.39 is 0 Å². The minimum atomic E-state index is 0.133. The summed E-state index contributed by atoms with van der Waals surface area (Å²) in [6, 6.07) is 10.1. The van der Waals surface area contributed by atoms with E-state index in [1.807, 2.05) is 35.4 Å². The number of carbonyl (C=O) groups is 1. The second kappa shape index (κ2) is 6.53. The molecule has 0 unspecified atom stereocenters. The molecule has 2 aromatic rings. The quantitative estimate of drug-likeness (QED) is 0.860. The van der Waals surface area contributed by atoms with Crippen molar-refractivity contribution in [3.63, 3.8) is 0 Å². The van der Waals surface area contributed by atoms with Gasteiger partial charge < -0.3 is 15.1 Å². The van der Waals surface area contributed by atoms with E-state index in [-0.39, 0.29) is 5.91 Å². The van der Waals surface area contributed by atoms with Gasteiger partial charge in [0.25, 0.3) is 5.91 Å². The van der Waals surface area contributed by atoms with E-state index in [9.17, 15) is 4.79 Å². The summed E-state index contributed by atoms with van der Waals surface area (Å²) < 4.78 is 0.978. The Hall–Kier alpha value is -1.92.